The van der Waals surface area contributed by atoms with Crippen LogP contribution in [0.5, 0.6) is 0 Å². The molecule has 0 spiro atoms. The van der Waals surface area contributed by atoms with Crippen molar-refractivity contribution in [1.29, 1.82) is 0 Å². The summed E-state index contributed by atoms with van der Waals surface area (Å²) in [5, 5.41) is 19.3. The molecule has 0 saturated heterocycles. The van der Waals surface area contributed by atoms with E-state index in [9.17, 15) is 5.11 Å². The highest BCUT2D eigenvalue weighted by Crippen LogP contribution is 2.26. The lowest BCUT2D eigenvalue weighted by atomic mass is 9.99. The quantitative estimate of drug-likeness (QED) is 0.807. The van der Waals surface area contributed by atoms with Gasteiger partial charge in [0.2, 0.25) is 0 Å². The maximum Gasteiger partial charge on any atom is 0.0958 e. The van der Waals surface area contributed by atoms with Gasteiger partial charge in [-0.2, -0.15) is 11.8 Å². The number of aliphatic hydroxyl groups excluding tert-OH is 1. The smallest absolute Gasteiger partial charge is 0.0958 e. The molecule has 1 rings (SSSR count). The fourth-order valence-corrected chi connectivity index (χ4v) is 2.12. The third kappa shape index (κ3) is 3.86. The van der Waals surface area contributed by atoms with Crippen LogP contribution in [0.2, 0.25) is 0 Å². The first-order valence-electron chi connectivity index (χ1n) is 5.06. The van der Waals surface area contributed by atoms with Gasteiger partial charge in [-0.3, -0.25) is 0 Å². The fourth-order valence-electron chi connectivity index (χ4n) is 1.24. The molecule has 3 heteroatoms. The average molecular weight is 226 g/mol. The molecule has 0 saturated carbocycles. The summed E-state index contributed by atoms with van der Waals surface area (Å²) in [5.41, 5.74) is 0.0951. The minimum Gasteiger partial charge on any atom is -0.395 e. The van der Waals surface area contributed by atoms with E-state index in [2.05, 4.69) is 0 Å². The van der Waals surface area contributed by atoms with E-state index in [4.69, 9.17) is 5.11 Å². The van der Waals surface area contributed by atoms with Crippen LogP contribution in [0.15, 0.2) is 30.3 Å². The Morgan fingerprint density at radius 3 is 2.47 bits per heavy atom. The highest BCUT2D eigenvalue weighted by Gasteiger charge is 2.23. The molecule has 0 aromatic heterocycles. The summed E-state index contributed by atoms with van der Waals surface area (Å²) < 4.78 is 0. The second-order valence-electron chi connectivity index (χ2n) is 3.94. The molecular weight excluding hydrogens is 208 g/mol. The van der Waals surface area contributed by atoms with Crippen LogP contribution in [0, 0.1) is 0 Å². The van der Waals surface area contributed by atoms with Gasteiger partial charge < -0.3 is 10.2 Å². The van der Waals surface area contributed by atoms with Gasteiger partial charge in [0.1, 0.15) is 0 Å². The SMILES string of the molecule is CC(CO)SCC(C)(O)c1ccccc1. The van der Waals surface area contributed by atoms with Crippen LogP contribution >= 0.6 is 11.8 Å². The minimum atomic E-state index is -0.824. The van der Waals surface area contributed by atoms with Crippen molar-refractivity contribution in [2.75, 3.05) is 12.4 Å². The van der Waals surface area contributed by atoms with Gasteiger partial charge >= 0.3 is 0 Å². The molecule has 15 heavy (non-hydrogen) atoms. The van der Waals surface area contributed by atoms with Gasteiger partial charge in [-0.25, -0.2) is 0 Å². The third-order valence-corrected chi connectivity index (χ3v) is 3.75. The first-order valence-corrected chi connectivity index (χ1v) is 6.11. The van der Waals surface area contributed by atoms with Crippen molar-refractivity contribution in [3.8, 4) is 0 Å². The maximum absolute atomic E-state index is 10.2. The Kier molecular flexibility index (Phi) is 4.64. The Morgan fingerprint density at radius 1 is 1.33 bits per heavy atom. The molecule has 0 aliphatic heterocycles. The molecule has 0 aliphatic rings. The highest BCUT2D eigenvalue weighted by molar-refractivity contribution is 7.99. The average Bonchev–Trinajstić information content (AvgIpc) is 2.27. The minimum absolute atomic E-state index is 0.148. The summed E-state index contributed by atoms with van der Waals surface area (Å²) in [6.07, 6.45) is 0. The molecule has 0 bridgehead atoms. The molecule has 2 unspecified atom stereocenters. The molecule has 1 aromatic carbocycles. The van der Waals surface area contributed by atoms with Crippen LogP contribution in [-0.4, -0.2) is 27.8 Å². The van der Waals surface area contributed by atoms with Gasteiger partial charge in [-0.15, -0.1) is 0 Å². The van der Waals surface area contributed by atoms with Crippen LogP contribution in [0.25, 0.3) is 0 Å². The lowest BCUT2D eigenvalue weighted by Crippen LogP contribution is -2.25. The topological polar surface area (TPSA) is 40.5 Å². The number of benzene rings is 1. The van der Waals surface area contributed by atoms with Crippen molar-refractivity contribution >= 4 is 11.8 Å². The fraction of sp³-hybridized carbons (Fsp3) is 0.500. The van der Waals surface area contributed by atoms with Gasteiger partial charge in [0.25, 0.3) is 0 Å². The number of thioether (sulfide) groups is 1. The predicted octanol–water partition coefficient (Wildman–Crippen LogP) is 2.01. The first kappa shape index (κ1) is 12.6. The van der Waals surface area contributed by atoms with E-state index in [1.54, 1.807) is 18.7 Å². The summed E-state index contributed by atoms with van der Waals surface area (Å²) >= 11 is 1.58. The predicted molar refractivity (Wildman–Crippen MR) is 65.0 cm³/mol. The Labute approximate surface area is 95.3 Å². The zero-order valence-electron chi connectivity index (χ0n) is 9.18. The largest absolute Gasteiger partial charge is 0.395 e. The molecule has 2 atom stereocenters. The van der Waals surface area contributed by atoms with Crippen LogP contribution in [0.3, 0.4) is 0 Å². The van der Waals surface area contributed by atoms with E-state index in [-0.39, 0.29) is 11.9 Å². The monoisotopic (exact) mass is 226 g/mol. The van der Waals surface area contributed by atoms with Gasteiger partial charge in [-0.1, -0.05) is 37.3 Å². The summed E-state index contributed by atoms with van der Waals surface area (Å²) in [4.78, 5) is 0. The van der Waals surface area contributed by atoms with E-state index in [0.717, 1.165) is 5.56 Å². The molecule has 0 fully saturated rings. The highest BCUT2D eigenvalue weighted by atomic mass is 32.2. The van der Waals surface area contributed by atoms with Crippen LogP contribution in [0.1, 0.15) is 19.4 Å². The standard InChI is InChI=1S/C12H18O2S/c1-10(8-13)15-9-12(2,14)11-6-4-3-5-7-11/h3-7,10,13-14H,8-9H2,1-2H3. The molecule has 0 heterocycles. The Bertz CT molecular complexity index is 285. The lowest BCUT2D eigenvalue weighted by Gasteiger charge is -2.24. The molecular formula is C12H18O2S. The van der Waals surface area contributed by atoms with E-state index in [1.165, 1.54) is 0 Å². The second-order valence-corrected chi connectivity index (χ2v) is 5.37. The molecule has 1 aromatic rings. The molecule has 0 amide bonds. The zero-order chi connectivity index (χ0) is 11.3. The molecule has 0 radical (unpaired) electrons. The van der Waals surface area contributed by atoms with Gasteiger partial charge in [0.15, 0.2) is 0 Å². The van der Waals surface area contributed by atoms with Gasteiger partial charge in [-0.05, 0) is 12.5 Å². The Balaban J connectivity index is 2.59. The van der Waals surface area contributed by atoms with Crippen molar-refractivity contribution in [3.63, 3.8) is 0 Å². The Hall–Kier alpha value is -0.510. The summed E-state index contributed by atoms with van der Waals surface area (Å²) in [7, 11) is 0. The number of aliphatic hydroxyl groups is 2. The summed E-state index contributed by atoms with van der Waals surface area (Å²) in [6, 6.07) is 9.62. The lowest BCUT2D eigenvalue weighted by molar-refractivity contribution is 0.0837. The van der Waals surface area contributed by atoms with Crippen molar-refractivity contribution in [1.82, 2.24) is 0 Å². The molecule has 0 aliphatic carbocycles. The van der Waals surface area contributed by atoms with Crippen molar-refractivity contribution < 1.29 is 10.2 Å². The number of rotatable bonds is 5. The molecule has 2 N–H and O–H groups in total. The summed E-state index contributed by atoms with van der Waals surface area (Å²) in [5.74, 6) is 0.596. The van der Waals surface area contributed by atoms with Crippen molar-refractivity contribution in [2.24, 2.45) is 0 Å². The summed E-state index contributed by atoms with van der Waals surface area (Å²) in [6.45, 7) is 3.90. The van der Waals surface area contributed by atoms with Gasteiger partial charge in [0.05, 0.1) is 12.2 Å². The van der Waals surface area contributed by atoms with E-state index >= 15 is 0 Å². The van der Waals surface area contributed by atoms with Crippen LogP contribution in [-0.2, 0) is 5.60 Å². The van der Waals surface area contributed by atoms with E-state index in [0.29, 0.717) is 5.75 Å². The van der Waals surface area contributed by atoms with Crippen molar-refractivity contribution in [3.05, 3.63) is 35.9 Å². The number of hydrogen-bond acceptors (Lipinski definition) is 3. The molecule has 2 nitrogen and oxygen atoms in total. The van der Waals surface area contributed by atoms with Gasteiger partial charge in [0, 0.05) is 11.0 Å². The molecule has 84 valence electrons. The number of hydrogen-bond donors (Lipinski definition) is 2. The van der Waals surface area contributed by atoms with Crippen LogP contribution in [0.4, 0.5) is 0 Å². The van der Waals surface area contributed by atoms with E-state index < -0.39 is 5.60 Å². The van der Waals surface area contributed by atoms with Crippen LogP contribution < -0.4 is 0 Å². The third-order valence-electron chi connectivity index (χ3n) is 2.30. The second kappa shape index (κ2) is 5.54. The Morgan fingerprint density at radius 2 is 1.93 bits per heavy atom. The zero-order valence-corrected chi connectivity index (χ0v) is 10.00. The first-order chi connectivity index (χ1) is 7.06. The van der Waals surface area contributed by atoms with Crippen molar-refractivity contribution in [2.45, 2.75) is 24.7 Å². The van der Waals surface area contributed by atoms with E-state index in [1.807, 2.05) is 37.3 Å². The normalized spacial score (nSPS) is 17.1. The maximum atomic E-state index is 10.2.